The van der Waals surface area contributed by atoms with Gasteiger partial charge in [0.1, 0.15) is 3.92 Å². The zero-order chi connectivity index (χ0) is 16.2. The van der Waals surface area contributed by atoms with Crippen molar-refractivity contribution in [3.05, 3.63) is 35.4 Å². The quantitative estimate of drug-likeness (QED) is 0.297. The Morgan fingerprint density at radius 3 is 2.14 bits per heavy atom. The maximum atomic E-state index is 12.1. The number of carboxylic acid groups (broad SMARTS) is 2. The normalized spacial score (nSPS) is 16.7. The number of aromatic carboxylic acids is 1. The first-order chi connectivity index (χ1) is 9.65. The molecule has 0 saturated carbocycles. The predicted octanol–water partition coefficient (Wildman–Crippen LogP) is 1.92. The predicted molar refractivity (Wildman–Crippen MR) is 83.1 cm³/mol. The molecule has 0 saturated heterocycles. The molecule has 0 radical (unpaired) electrons. The van der Waals surface area contributed by atoms with Crippen molar-refractivity contribution in [1.29, 1.82) is 0 Å². The van der Waals surface area contributed by atoms with Crippen LogP contribution in [0.5, 0.6) is 0 Å². The van der Waals surface area contributed by atoms with Gasteiger partial charge in [-0.2, -0.15) is 0 Å². The van der Waals surface area contributed by atoms with Crippen molar-refractivity contribution in [2.24, 2.45) is 0 Å². The van der Waals surface area contributed by atoms with Crippen LogP contribution in [0.3, 0.4) is 0 Å². The third-order valence-electron chi connectivity index (χ3n) is 2.81. The summed E-state index contributed by atoms with van der Waals surface area (Å²) in [5.41, 5.74) is 0.114. The molecule has 4 N–H and O–H groups in total. The van der Waals surface area contributed by atoms with Gasteiger partial charge in [0, 0.05) is 6.16 Å². The van der Waals surface area contributed by atoms with E-state index in [1.165, 1.54) is 24.3 Å². The second-order valence-electron chi connectivity index (χ2n) is 4.37. The molecule has 0 aliphatic heterocycles. The average molecular weight is 428 g/mol. The molecule has 116 valence electrons. The van der Waals surface area contributed by atoms with Gasteiger partial charge in [-0.05, 0) is 24.1 Å². The van der Waals surface area contributed by atoms with Gasteiger partial charge in [-0.1, -0.05) is 34.7 Å². The van der Waals surface area contributed by atoms with E-state index < -0.39 is 29.1 Å². The summed E-state index contributed by atoms with van der Waals surface area (Å²) in [6.07, 6.45) is -0.386. The smallest absolute Gasteiger partial charge is 0.335 e. The number of aliphatic carboxylic acids is 1. The Morgan fingerprint density at radius 1 is 1.19 bits per heavy atom. The van der Waals surface area contributed by atoms with Crippen LogP contribution in [0.15, 0.2) is 24.3 Å². The van der Waals surface area contributed by atoms with E-state index in [0.717, 1.165) is 0 Å². The van der Waals surface area contributed by atoms with Gasteiger partial charge in [0.25, 0.3) is 0 Å². The zero-order valence-electron chi connectivity index (χ0n) is 10.7. The van der Waals surface area contributed by atoms with Gasteiger partial charge < -0.3 is 20.2 Å². The topological polar surface area (TPSA) is 132 Å². The van der Waals surface area contributed by atoms with Crippen molar-refractivity contribution >= 4 is 41.9 Å². The lowest BCUT2D eigenvalue weighted by Gasteiger charge is -2.19. The van der Waals surface area contributed by atoms with E-state index in [2.05, 4.69) is 0 Å². The van der Waals surface area contributed by atoms with E-state index in [1.807, 2.05) is 0 Å². The van der Waals surface area contributed by atoms with Crippen LogP contribution in [-0.2, 0) is 9.36 Å². The minimum atomic E-state index is -4.00. The molecule has 1 aromatic rings. The summed E-state index contributed by atoms with van der Waals surface area (Å²) in [7, 11) is -4.00. The van der Waals surface area contributed by atoms with Crippen LogP contribution < -0.4 is 0 Å². The highest BCUT2D eigenvalue weighted by Gasteiger charge is 2.31. The lowest BCUT2D eigenvalue weighted by Crippen LogP contribution is -2.15. The Hall–Kier alpha value is -0.960. The molecule has 0 aliphatic rings. The molecule has 9 heteroatoms. The maximum absolute atomic E-state index is 12.1. The largest absolute Gasteiger partial charge is 0.480 e. The van der Waals surface area contributed by atoms with Crippen LogP contribution in [0.4, 0.5) is 0 Å². The Bertz CT molecular complexity index is 571. The Balaban J connectivity index is 2.80. The number of hydrogen-bond acceptors (Lipinski definition) is 4. The van der Waals surface area contributed by atoms with Crippen molar-refractivity contribution in [1.82, 2.24) is 0 Å². The highest BCUT2D eigenvalue weighted by molar-refractivity contribution is 14.1. The van der Waals surface area contributed by atoms with Crippen molar-refractivity contribution in [2.75, 3.05) is 6.16 Å². The standard InChI is InChI=1S/C12H14IO7P/c13-9(11(16)17)5-6-21(19,20)12(18)8-3-1-7(2-4-8)10(14)15/h1-4,9,12,18H,5-6H2,(H,14,15)(H,16,17)(H,19,20)/t9-,12?/m0/s1. The Kier molecular flexibility index (Phi) is 6.33. The van der Waals surface area contributed by atoms with E-state index >= 15 is 0 Å². The number of aliphatic hydroxyl groups is 1. The van der Waals surface area contributed by atoms with Crippen molar-refractivity contribution < 1.29 is 34.4 Å². The minimum Gasteiger partial charge on any atom is -0.480 e. The van der Waals surface area contributed by atoms with E-state index in [4.69, 9.17) is 10.2 Å². The molecule has 0 amide bonds. The van der Waals surface area contributed by atoms with E-state index in [9.17, 15) is 24.2 Å². The highest BCUT2D eigenvalue weighted by Crippen LogP contribution is 2.54. The molecule has 1 rings (SSSR count). The van der Waals surface area contributed by atoms with Gasteiger partial charge in [0.05, 0.1) is 5.56 Å². The van der Waals surface area contributed by atoms with Crippen molar-refractivity contribution in [3.8, 4) is 0 Å². The van der Waals surface area contributed by atoms with Crippen LogP contribution in [0.25, 0.3) is 0 Å². The number of alkyl halides is 1. The number of aliphatic hydroxyl groups excluding tert-OH is 1. The number of benzene rings is 1. The number of hydrogen-bond donors (Lipinski definition) is 4. The number of halogens is 1. The third kappa shape index (κ3) is 5.06. The molecule has 0 bridgehead atoms. The van der Waals surface area contributed by atoms with Gasteiger partial charge >= 0.3 is 11.9 Å². The second kappa shape index (κ2) is 7.35. The van der Waals surface area contributed by atoms with Gasteiger partial charge in [0.15, 0.2) is 5.85 Å². The fourth-order valence-electron chi connectivity index (χ4n) is 1.57. The Labute approximate surface area is 134 Å². The maximum Gasteiger partial charge on any atom is 0.335 e. The summed E-state index contributed by atoms with van der Waals surface area (Å²) in [6, 6.07) is 4.96. The first-order valence-corrected chi connectivity index (χ1v) is 9.01. The number of carbonyl (C=O) groups is 2. The van der Waals surface area contributed by atoms with Crippen LogP contribution in [-0.4, -0.2) is 42.2 Å². The molecule has 7 nitrogen and oxygen atoms in total. The first kappa shape index (κ1) is 18.1. The third-order valence-corrected chi connectivity index (χ3v) is 5.93. The second-order valence-corrected chi connectivity index (χ2v) is 8.33. The molecule has 3 atom stereocenters. The van der Waals surface area contributed by atoms with Gasteiger partial charge in [0.2, 0.25) is 7.37 Å². The summed E-state index contributed by atoms with van der Waals surface area (Å²) < 4.78 is 11.2. The minimum absolute atomic E-state index is 0.00285. The summed E-state index contributed by atoms with van der Waals surface area (Å²) in [6.45, 7) is 0. The molecular weight excluding hydrogens is 414 g/mol. The SMILES string of the molecule is O=C(O)c1ccc(C(O)P(=O)(O)CC[C@H](I)C(=O)O)cc1. The van der Waals surface area contributed by atoms with Gasteiger partial charge in [-0.25, -0.2) is 4.79 Å². The number of carboxylic acids is 2. The van der Waals surface area contributed by atoms with E-state index in [1.54, 1.807) is 22.6 Å². The molecular formula is C12H14IO7P. The lowest BCUT2D eigenvalue weighted by molar-refractivity contribution is -0.136. The fraction of sp³-hybridized carbons (Fsp3) is 0.333. The first-order valence-electron chi connectivity index (χ1n) is 5.85. The summed E-state index contributed by atoms with van der Waals surface area (Å²) in [4.78, 5) is 31.2. The summed E-state index contributed by atoms with van der Waals surface area (Å²) in [5.74, 6) is -3.90. The van der Waals surface area contributed by atoms with E-state index in [-0.39, 0.29) is 23.7 Å². The molecule has 0 aromatic heterocycles. The summed E-state index contributed by atoms with van der Waals surface area (Å²) >= 11 is 1.64. The van der Waals surface area contributed by atoms with E-state index in [0.29, 0.717) is 0 Å². The number of rotatable bonds is 7. The van der Waals surface area contributed by atoms with Crippen LogP contribution in [0, 0.1) is 0 Å². The highest BCUT2D eigenvalue weighted by atomic mass is 127. The molecule has 21 heavy (non-hydrogen) atoms. The fourth-order valence-corrected chi connectivity index (χ4v) is 3.89. The van der Waals surface area contributed by atoms with Crippen molar-refractivity contribution in [2.45, 2.75) is 16.2 Å². The molecule has 2 unspecified atom stereocenters. The van der Waals surface area contributed by atoms with Crippen LogP contribution in [0.2, 0.25) is 0 Å². The summed E-state index contributed by atoms with van der Waals surface area (Å²) in [5, 5.41) is 27.4. The average Bonchev–Trinajstić information content (AvgIpc) is 2.43. The molecule has 1 aromatic carbocycles. The lowest BCUT2D eigenvalue weighted by atomic mass is 10.1. The van der Waals surface area contributed by atoms with Crippen LogP contribution >= 0.6 is 30.0 Å². The van der Waals surface area contributed by atoms with Gasteiger partial charge in [-0.3, -0.25) is 9.36 Å². The molecule has 0 spiro atoms. The van der Waals surface area contributed by atoms with Crippen molar-refractivity contribution in [3.63, 3.8) is 0 Å². The van der Waals surface area contributed by atoms with Crippen LogP contribution in [0.1, 0.15) is 28.2 Å². The van der Waals surface area contributed by atoms with Gasteiger partial charge in [-0.15, -0.1) is 0 Å². The zero-order valence-corrected chi connectivity index (χ0v) is 13.8. The molecule has 0 fully saturated rings. The molecule has 0 aliphatic carbocycles. The molecule has 0 heterocycles. The Morgan fingerprint density at radius 2 is 1.71 bits per heavy atom. The monoisotopic (exact) mass is 428 g/mol.